The fourth-order valence-corrected chi connectivity index (χ4v) is 2.31. The number of ether oxygens (including phenoxy) is 3. The van der Waals surface area contributed by atoms with Gasteiger partial charge in [0.05, 0.1) is 14.2 Å². The molecule has 0 fully saturated rings. The van der Waals surface area contributed by atoms with Gasteiger partial charge in [-0.3, -0.25) is 20.4 Å². The monoisotopic (exact) mass is 404 g/mol. The van der Waals surface area contributed by atoms with Crippen LogP contribution in [-0.2, 0) is 9.59 Å². The molecule has 0 radical (unpaired) electrons. The molecule has 7 nitrogen and oxygen atoms in total. The molecule has 2 N–H and O–H groups in total. The summed E-state index contributed by atoms with van der Waals surface area (Å²) >= 11 is 5.93. The molecule has 2 aromatic carbocycles. The first kappa shape index (κ1) is 21.1. The van der Waals surface area contributed by atoms with Gasteiger partial charge in [-0.15, -0.1) is 0 Å². The third kappa shape index (κ3) is 6.21. The van der Waals surface area contributed by atoms with Gasteiger partial charge in [0.25, 0.3) is 11.8 Å². The lowest BCUT2D eigenvalue weighted by atomic mass is 10.2. The maximum atomic E-state index is 11.8. The zero-order chi connectivity index (χ0) is 20.5. The second kappa shape index (κ2) is 10.2. The van der Waals surface area contributed by atoms with Crippen molar-refractivity contribution in [1.29, 1.82) is 0 Å². The number of carbonyl (C=O) groups excluding carboxylic acids is 2. The van der Waals surface area contributed by atoms with Crippen molar-refractivity contribution in [1.82, 2.24) is 10.9 Å². The van der Waals surface area contributed by atoms with E-state index in [0.29, 0.717) is 22.3 Å². The first-order valence-corrected chi connectivity index (χ1v) is 8.68. The van der Waals surface area contributed by atoms with Gasteiger partial charge >= 0.3 is 0 Å². The normalized spacial score (nSPS) is 10.4. The summed E-state index contributed by atoms with van der Waals surface area (Å²) in [5.74, 6) is 0.655. The van der Waals surface area contributed by atoms with Crippen molar-refractivity contribution in [2.45, 2.75) is 6.92 Å². The third-order valence-electron chi connectivity index (χ3n) is 3.66. The zero-order valence-corrected chi connectivity index (χ0v) is 16.5. The molecular weight excluding hydrogens is 384 g/mol. The minimum absolute atomic E-state index is 0.249. The van der Waals surface area contributed by atoms with E-state index in [0.717, 1.165) is 11.1 Å². The standard InChI is InChI=1S/C20H21ClN2O5/c1-13-10-15(6-7-16(13)21)28-12-20(25)23-22-19(24)9-5-14-4-8-17(26-2)18(11-14)27-3/h4-11H,12H2,1-3H3,(H,22,24)(H,23,25)/b9-5+. The van der Waals surface area contributed by atoms with Gasteiger partial charge in [-0.05, 0) is 54.5 Å². The van der Waals surface area contributed by atoms with Crippen LogP contribution in [-0.4, -0.2) is 32.6 Å². The van der Waals surface area contributed by atoms with Crippen molar-refractivity contribution in [2.24, 2.45) is 0 Å². The van der Waals surface area contributed by atoms with Gasteiger partial charge < -0.3 is 14.2 Å². The Labute approximate surface area is 168 Å². The molecule has 0 aromatic heterocycles. The van der Waals surface area contributed by atoms with E-state index in [1.165, 1.54) is 13.2 Å². The lowest BCUT2D eigenvalue weighted by Crippen LogP contribution is -2.43. The van der Waals surface area contributed by atoms with Crippen molar-refractivity contribution >= 4 is 29.5 Å². The summed E-state index contributed by atoms with van der Waals surface area (Å²) in [6, 6.07) is 10.3. The first-order chi connectivity index (χ1) is 13.4. The fourth-order valence-electron chi connectivity index (χ4n) is 2.19. The maximum absolute atomic E-state index is 11.8. The molecule has 0 aliphatic heterocycles. The van der Waals surface area contributed by atoms with Crippen molar-refractivity contribution in [3.63, 3.8) is 0 Å². The Bertz CT molecular complexity index is 883. The number of carbonyl (C=O) groups is 2. The van der Waals surface area contributed by atoms with Gasteiger partial charge in [0.1, 0.15) is 5.75 Å². The number of halogens is 1. The molecule has 0 atom stereocenters. The molecular formula is C20H21ClN2O5. The van der Waals surface area contributed by atoms with Crippen molar-refractivity contribution in [3.8, 4) is 17.2 Å². The van der Waals surface area contributed by atoms with Crippen molar-refractivity contribution in [2.75, 3.05) is 20.8 Å². The molecule has 2 rings (SSSR count). The Balaban J connectivity index is 1.80. The third-order valence-corrected chi connectivity index (χ3v) is 4.08. The molecule has 0 saturated carbocycles. The predicted octanol–water partition coefficient (Wildman–Crippen LogP) is 2.91. The van der Waals surface area contributed by atoms with Gasteiger partial charge in [-0.1, -0.05) is 17.7 Å². The molecule has 0 heterocycles. The number of rotatable bonds is 7. The number of amides is 2. The Morgan fingerprint density at radius 3 is 2.46 bits per heavy atom. The van der Waals surface area contributed by atoms with Crippen LogP contribution in [0.4, 0.5) is 0 Å². The SMILES string of the molecule is COc1ccc(/C=C/C(=O)NNC(=O)COc2ccc(Cl)c(C)c2)cc1OC. The highest BCUT2D eigenvalue weighted by Crippen LogP contribution is 2.27. The molecule has 0 unspecified atom stereocenters. The summed E-state index contributed by atoms with van der Waals surface area (Å²) in [6.07, 6.45) is 2.86. The quantitative estimate of drug-likeness (QED) is 0.547. The Hall–Kier alpha value is -3.19. The van der Waals surface area contributed by atoms with E-state index in [-0.39, 0.29) is 6.61 Å². The largest absolute Gasteiger partial charge is 0.493 e. The lowest BCUT2D eigenvalue weighted by molar-refractivity contribution is -0.128. The summed E-state index contributed by atoms with van der Waals surface area (Å²) in [7, 11) is 3.07. The predicted molar refractivity (Wildman–Crippen MR) is 107 cm³/mol. The van der Waals surface area contributed by atoms with Crippen LogP contribution >= 0.6 is 11.6 Å². The lowest BCUT2D eigenvalue weighted by Gasteiger charge is -2.09. The number of methoxy groups -OCH3 is 2. The van der Waals surface area contributed by atoms with Gasteiger partial charge in [-0.2, -0.15) is 0 Å². The van der Waals surface area contributed by atoms with E-state index in [4.69, 9.17) is 25.8 Å². The average Bonchev–Trinajstić information content (AvgIpc) is 2.71. The molecule has 2 amide bonds. The number of hydrogen-bond acceptors (Lipinski definition) is 5. The second-order valence-corrected chi connectivity index (χ2v) is 6.09. The highest BCUT2D eigenvalue weighted by atomic mass is 35.5. The average molecular weight is 405 g/mol. The van der Waals surface area contributed by atoms with E-state index in [9.17, 15) is 9.59 Å². The number of benzene rings is 2. The second-order valence-electron chi connectivity index (χ2n) is 5.68. The molecule has 0 aliphatic rings. The summed E-state index contributed by atoms with van der Waals surface area (Å²) < 4.78 is 15.7. The van der Waals surface area contributed by atoms with E-state index in [1.54, 1.807) is 49.6 Å². The smallest absolute Gasteiger partial charge is 0.276 e. The molecule has 148 valence electrons. The number of hydrazine groups is 1. The van der Waals surface area contributed by atoms with Crippen LogP contribution in [0, 0.1) is 6.92 Å². The fraction of sp³-hybridized carbons (Fsp3) is 0.200. The number of hydrogen-bond donors (Lipinski definition) is 2. The highest BCUT2D eigenvalue weighted by molar-refractivity contribution is 6.31. The first-order valence-electron chi connectivity index (χ1n) is 8.31. The summed E-state index contributed by atoms with van der Waals surface area (Å²) in [4.78, 5) is 23.6. The van der Waals surface area contributed by atoms with Crippen LogP contribution in [0.1, 0.15) is 11.1 Å². The number of aryl methyl sites for hydroxylation is 1. The molecule has 0 aliphatic carbocycles. The summed E-state index contributed by atoms with van der Waals surface area (Å²) in [5, 5.41) is 0.616. The van der Waals surface area contributed by atoms with Crippen LogP contribution < -0.4 is 25.1 Å². The molecule has 8 heteroatoms. The summed E-state index contributed by atoms with van der Waals surface area (Å²) in [6.45, 7) is 1.58. The minimum atomic E-state index is -0.500. The van der Waals surface area contributed by atoms with Crippen LogP contribution in [0.2, 0.25) is 5.02 Å². The highest BCUT2D eigenvalue weighted by Gasteiger charge is 2.06. The van der Waals surface area contributed by atoms with Crippen LogP contribution in [0.25, 0.3) is 6.08 Å². The topological polar surface area (TPSA) is 85.9 Å². The van der Waals surface area contributed by atoms with Crippen molar-refractivity contribution in [3.05, 3.63) is 58.6 Å². The van der Waals surface area contributed by atoms with Crippen LogP contribution in [0.5, 0.6) is 17.2 Å². The van der Waals surface area contributed by atoms with Gasteiger partial charge in [0.2, 0.25) is 0 Å². The van der Waals surface area contributed by atoms with Crippen LogP contribution in [0.15, 0.2) is 42.5 Å². The molecule has 0 bridgehead atoms. The Morgan fingerprint density at radius 1 is 1.04 bits per heavy atom. The van der Waals surface area contributed by atoms with Gasteiger partial charge in [0.15, 0.2) is 18.1 Å². The van der Waals surface area contributed by atoms with E-state index < -0.39 is 11.8 Å². The molecule has 0 saturated heterocycles. The number of nitrogens with one attached hydrogen (secondary N) is 2. The van der Waals surface area contributed by atoms with Gasteiger partial charge in [0, 0.05) is 11.1 Å². The maximum Gasteiger partial charge on any atom is 0.276 e. The van der Waals surface area contributed by atoms with E-state index >= 15 is 0 Å². The molecule has 2 aromatic rings. The van der Waals surface area contributed by atoms with Crippen LogP contribution in [0.3, 0.4) is 0 Å². The molecule has 0 spiro atoms. The summed E-state index contributed by atoms with van der Waals surface area (Å²) in [5.41, 5.74) is 6.13. The minimum Gasteiger partial charge on any atom is -0.493 e. The van der Waals surface area contributed by atoms with Gasteiger partial charge in [-0.25, -0.2) is 0 Å². The van der Waals surface area contributed by atoms with E-state index in [1.807, 2.05) is 6.92 Å². The zero-order valence-electron chi connectivity index (χ0n) is 15.7. The molecule has 28 heavy (non-hydrogen) atoms. The van der Waals surface area contributed by atoms with Crippen molar-refractivity contribution < 1.29 is 23.8 Å². The Morgan fingerprint density at radius 2 is 1.79 bits per heavy atom. The van der Waals surface area contributed by atoms with E-state index in [2.05, 4.69) is 10.9 Å². The Kier molecular flexibility index (Phi) is 7.71.